The highest BCUT2D eigenvalue weighted by molar-refractivity contribution is 5.36. The van der Waals surface area contributed by atoms with Gasteiger partial charge in [0, 0.05) is 26.2 Å². The van der Waals surface area contributed by atoms with E-state index in [1.54, 1.807) is 12.1 Å². The van der Waals surface area contributed by atoms with Crippen LogP contribution in [0.15, 0.2) is 24.3 Å². The Morgan fingerprint density at radius 3 is 2.65 bits per heavy atom. The largest absolute Gasteiger partial charge is 0.314 e. The van der Waals surface area contributed by atoms with E-state index in [4.69, 9.17) is 5.26 Å². The zero-order valence-electron chi connectivity index (χ0n) is 9.56. The summed E-state index contributed by atoms with van der Waals surface area (Å²) in [6, 6.07) is 11.5. The standard InChI is InChI=1S/C13H14N4/c14-9-11-2-1-3-12(8-11)13(10-15)17-6-4-16-5-7-17/h1-3,8,13,16H,4-7H2. The van der Waals surface area contributed by atoms with Crippen LogP contribution in [-0.4, -0.2) is 31.1 Å². The van der Waals surface area contributed by atoms with Crippen LogP contribution in [0.2, 0.25) is 0 Å². The molecule has 1 aliphatic rings. The number of nitrogens with one attached hydrogen (secondary N) is 1. The Balaban J connectivity index is 2.22. The maximum Gasteiger partial charge on any atom is 0.123 e. The van der Waals surface area contributed by atoms with E-state index in [1.165, 1.54) is 0 Å². The predicted molar refractivity (Wildman–Crippen MR) is 64.0 cm³/mol. The summed E-state index contributed by atoms with van der Waals surface area (Å²) in [7, 11) is 0. The lowest BCUT2D eigenvalue weighted by Gasteiger charge is -2.31. The molecule has 0 amide bonds. The summed E-state index contributed by atoms with van der Waals surface area (Å²) in [6.07, 6.45) is 0. The molecule has 0 radical (unpaired) electrons. The van der Waals surface area contributed by atoms with Crippen LogP contribution in [0.3, 0.4) is 0 Å². The minimum Gasteiger partial charge on any atom is -0.314 e. The molecule has 0 saturated carbocycles. The second-order valence-corrected chi connectivity index (χ2v) is 4.05. The number of rotatable bonds is 2. The Bertz CT molecular complexity index is 463. The molecule has 0 aliphatic carbocycles. The highest BCUT2D eigenvalue weighted by Gasteiger charge is 2.21. The van der Waals surface area contributed by atoms with Gasteiger partial charge in [0.1, 0.15) is 6.04 Å². The van der Waals surface area contributed by atoms with Crippen LogP contribution in [0.5, 0.6) is 0 Å². The van der Waals surface area contributed by atoms with E-state index in [9.17, 15) is 5.26 Å². The molecule has 17 heavy (non-hydrogen) atoms. The molecule has 2 rings (SSSR count). The van der Waals surface area contributed by atoms with E-state index in [2.05, 4.69) is 22.4 Å². The van der Waals surface area contributed by atoms with Gasteiger partial charge in [0.15, 0.2) is 0 Å². The molecule has 1 atom stereocenters. The summed E-state index contributed by atoms with van der Waals surface area (Å²) in [5.41, 5.74) is 1.52. The number of nitrogens with zero attached hydrogens (tertiary/aromatic N) is 3. The first-order valence-corrected chi connectivity index (χ1v) is 5.69. The van der Waals surface area contributed by atoms with Gasteiger partial charge in [0.25, 0.3) is 0 Å². The van der Waals surface area contributed by atoms with Crippen molar-refractivity contribution in [2.75, 3.05) is 26.2 Å². The summed E-state index contributed by atoms with van der Waals surface area (Å²) in [4.78, 5) is 2.15. The third-order valence-corrected chi connectivity index (χ3v) is 2.97. The van der Waals surface area contributed by atoms with Crippen LogP contribution < -0.4 is 5.32 Å². The fourth-order valence-corrected chi connectivity index (χ4v) is 2.09. The minimum absolute atomic E-state index is 0.245. The molecule has 1 N–H and O–H groups in total. The third-order valence-electron chi connectivity index (χ3n) is 2.97. The quantitative estimate of drug-likeness (QED) is 0.818. The molecular weight excluding hydrogens is 212 g/mol. The van der Waals surface area contributed by atoms with Gasteiger partial charge in [0.2, 0.25) is 0 Å². The monoisotopic (exact) mass is 226 g/mol. The van der Waals surface area contributed by atoms with Gasteiger partial charge in [-0.25, -0.2) is 0 Å². The fraction of sp³-hybridized carbons (Fsp3) is 0.385. The topological polar surface area (TPSA) is 62.9 Å². The third kappa shape index (κ3) is 2.62. The molecule has 86 valence electrons. The van der Waals surface area contributed by atoms with Gasteiger partial charge in [-0.15, -0.1) is 0 Å². The van der Waals surface area contributed by atoms with Crippen LogP contribution in [-0.2, 0) is 0 Å². The van der Waals surface area contributed by atoms with Crippen molar-refractivity contribution in [3.05, 3.63) is 35.4 Å². The van der Waals surface area contributed by atoms with Gasteiger partial charge in [-0.1, -0.05) is 12.1 Å². The van der Waals surface area contributed by atoms with Crippen LogP contribution in [0.4, 0.5) is 0 Å². The summed E-state index contributed by atoms with van der Waals surface area (Å²) >= 11 is 0. The average Bonchev–Trinajstić information content (AvgIpc) is 2.41. The van der Waals surface area contributed by atoms with Gasteiger partial charge < -0.3 is 5.32 Å². The molecule has 1 fully saturated rings. The number of nitriles is 2. The number of benzene rings is 1. The maximum absolute atomic E-state index is 9.30. The van der Waals surface area contributed by atoms with E-state index in [-0.39, 0.29) is 6.04 Å². The normalized spacial score (nSPS) is 18.0. The number of piperazine rings is 1. The van der Waals surface area contributed by atoms with Gasteiger partial charge in [0.05, 0.1) is 17.7 Å². The summed E-state index contributed by atoms with van der Waals surface area (Å²) in [6.45, 7) is 3.57. The minimum atomic E-state index is -0.245. The number of hydrogen-bond donors (Lipinski definition) is 1. The van der Waals surface area contributed by atoms with Crippen LogP contribution in [0.25, 0.3) is 0 Å². The van der Waals surface area contributed by atoms with Crippen molar-refractivity contribution in [3.63, 3.8) is 0 Å². The van der Waals surface area contributed by atoms with E-state index in [0.29, 0.717) is 5.56 Å². The van der Waals surface area contributed by atoms with Crippen LogP contribution in [0.1, 0.15) is 17.2 Å². The summed E-state index contributed by atoms with van der Waals surface area (Å²) < 4.78 is 0. The Morgan fingerprint density at radius 1 is 1.24 bits per heavy atom. The van der Waals surface area contributed by atoms with Crippen molar-refractivity contribution in [1.29, 1.82) is 10.5 Å². The SMILES string of the molecule is N#Cc1cccc(C(C#N)N2CCNCC2)c1. The lowest BCUT2D eigenvalue weighted by molar-refractivity contribution is 0.207. The molecule has 4 heteroatoms. The first-order valence-electron chi connectivity index (χ1n) is 5.69. The Hall–Kier alpha value is -1.88. The average molecular weight is 226 g/mol. The molecule has 1 aromatic rings. The summed E-state index contributed by atoms with van der Waals surface area (Å²) in [5.74, 6) is 0. The fourth-order valence-electron chi connectivity index (χ4n) is 2.09. The van der Waals surface area contributed by atoms with E-state index in [1.807, 2.05) is 12.1 Å². The predicted octanol–water partition coefficient (Wildman–Crippen LogP) is 1.03. The van der Waals surface area contributed by atoms with Crippen molar-refractivity contribution in [1.82, 2.24) is 10.2 Å². The zero-order chi connectivity index (χ0) is 12.1. The first-order chi connectivity index (χ1) is 8.35. The first kappa shape index (κ1) is 11.6. The van der Waals surface area contributed by atoms with Gasteiger partial charge in [-0.05, 0) is 17.7 Å². The zero-order valence-corrected chi connectivity index (χ0v) is 9.56. The lowest BCUT2D eigenvalue weighted by Crippen LogP contribution is -2.44. The van der Waals surface area contributed by atoms with E-state index < -0.39 is 0 Å². The molecule has 1 saturated heterocycles. The Kier molecular flexibility index (Phi) is 3.72. The molecule has 1 heterocycles. The highest BCUT2D eigenvalue weighted by Crippen LogP contribution is 2.21. The number of hydrogen-bond acceptors (Lipinski definition) is 4. The van der Waals surface area contributed by atoms with E-state index >= 15 is 0 Å². The molecule has 4 nitrogen and oxygen atoms in total. The molecule has 0 bridgehead atoms. The summed E-state index contributed by atoms with van der Waals surface area (Å²) in [5, 5.41) is 21.4. The molecule has 1 aliphatic heterocycles. The molecular formula is C13H14N4. The molecule has 0 aromatic heterocycles. The van der Waals surface area contributed by atoms with Crippen LogP contribution in [0, 0.1) is 22.7 Å². The van der Waals surface area contributed by atoms with Crippen molar-refractivity contribution >= 4 is 0 Å². The molecule has 1 aromatic carbocycles. The van der Waals surface area contributed by atoms with Gasteiger partial charge >= 0.3 is 0 Å². The lowest BCUT2D eigenvalue weighted by atomic mass is 10.0. The highest BCUT2D eigenvalue weighted by atomic mass is 15.2. The smallest absolute Gasteiger partial charge is 0.123 e. The maximum atomic E-state index is 9.30. The molecule has 1 unspecified atom stereocenters. The van der Waals surface area contributed by atoms with Gasteiger partial charge in [-0.3, -0.25) is 4.90 Å². The second kappa shape index (κ2) is 5.45. The van der Waals surface area contributed by atoms with Crippen molar-refractivity contribution < 1.29 is 0 Å². The van der Waals surface area contributed by atoms with Crippen molar-refractivity contribution in [2.24, 2.45) is 0 Å². The Labute approximate surface area is 101 Å². The van der Waals surface area contributed by atoms with E-state index in [0.717, 1.165) is 31.7 Å². The van der Waals surface area contributed by atoms with Crippen LogP contribution >= 0.6 is 0 Å². The molecule has 0 spiro atoms. The van der Waals surface area contributed by atoms with Crippen molar-refractivity contribution in [2.45, 2.75) is 6.04 Å². The Morgan fingerprint density at radius 2 is 2.00 bits per heavy atom. The van der Waals surface area contributed by atoms with Gasteiger partial charge in [-0.2, -0.15) is 10.5 Å². The van der Waals surface area contributed by atoms with Crippen molar-refractivity contribution in [3.8, 4) is 12.1 Å². The second-order valence-electron chi connectivity index (χ2n) is 4.05.